The molecule has 1 N–H and O–H groups in total. The number of para-hydroxylation sites is 1. The molecule has 0 saturated carbocycles. The van der Waals surface area contributed by atoms with Crippen molar-refractivity contribution in [1.82, 2.24) is 0 Å². The third-order valence-electron chi connectivity index (χ3n) is 3.48. The number of ketones is 1. The number of benzene rings is 1. The number of halogens is 5. The van der Waals surface area contributed by atoms with Gasteiger partial charge in [-0.05, 0) is 50.0 Å². The van der Waals surface area contributed by atoms with Gasteiger partial charge in [0.05, 0.1) is 5.70 Å². The van der Waals surface area contributed by atoms with Gasteiger partial charge in [-0.3, -0.25) is 4.79 Å². The highest BCUT2D eigenvalue weighted by Gasteiger charge is 2.70. The molecule has 142 valence electrons. The summed E-state index contributed by atoms with van der Waals surface area (Å²) in [6.45, 7) is 4.47. The lowest BCUT2D eigenvalue weighted by Gasteiger charge is -2.42. The van der Waals surface area contributed by atoms with Crippen molar-refractivity contribution in [3.8, 4) is 0 Å². The Balaban J connectivity index is 2.56. The highest BCUT2D eigenvalue weighted by Crippen LogP contribution is 2.49. The molecule has 1 aromatic rings. The van der Waals surface area contributed by atoms with Gasteiger partial charge in [0.1, 0.15) is 0 Å². The lowest BCUT2D eigenvalue weighted by atomic mass is 9.88. The van der Waals surface area contributed by atoms with Crippen LogP contribution in [0.25, 0.3) is 0 Å². The van der Waals surface area contributed by atoms with Crippen LogP contribution in [0.5, 0.6) is 0 Å². The molecule has 0 radical (unpaired) electrons. The predicted molar refractivity (Wildman–Crippen MR) is 90.5 cm³/mol. The maximum absolute atomic E-state index is 14.4. The molecule has 0 heterocycles. The van der Waals surface area contributed by atoms with Crippen molar-refractivity contribution in [1.29, 1.82) is 0 Å². The Labute approximate surface area is 148 Å². The Kier molecular flexibility index (Phi) is 5.17. The highest BCUT2D eigenvalue weighted by atomic mass is 28.4. The van der Waals surface area contributed by atoms with Crippen LogP contribution in [0.1, 0.15) is 0 Å². The molecule has 1 aromatic carbocycles. The molecule has 9 heteroatoms. The fraction of sp³-hybridized carbons (Fsp3) is 0.353. The van der Waals surface area contributed by atoms with Gasteiger partial charge in [-0.25, -0.2) is 0 Å². The zero-order valence-electron chi connectivity index (χ0n) is 14.3. The molecule has 1 aliphatic carbocycles. The average Bonchev–Trinajstić information content (AvgIpc) is 2.49. The number of carbonyl (C=O) groups excluding carboxylic acids is 1. The van der Waals surface area contributed by atoms with Gasteiger partial charge in [0.25, 0.3) is 0 Å². The summed E-state index contributed by atoms with van der Waals surface area (Å²) in [5.41, 5.74) is -3.12. The highest BCUT2D eigenvalue weighted by molar-refractivity contribution is 6.69. The molecule has 0 amide bonds. The maximum atomic E-state index is 14.4. The molecule has 2 rings (SSSR count). The standard InChI is InChI=1S/C17H18F5NO2Si/c1-26(2,3)25-15(16(18,19)17(20,21)22)10-9-14(24)13(11-15)23-12-7-5-4-6-8-12/h4-11,23H,1-3H3. The summed E-state index contributed by atoms with van der Waals surface area (Å²) in [6, 6.07) is 8.05. The first-order valence-corrected chi connectivity index (χ1v) is 11.1. The molecule has 26 heavy (non-hydrogen) atoms. The first-order chi connectivity index (χ1) is 11.8. The first-order valence-electron chi connectivity index (χ1n) is 7.71. The quantitative estimate of drug-likeness (QED) is 0.573. The maximum Gasteiger partial charge on any atom is 0.457 e. The largest absolute Gasteiger partial charge is 0.457 e. The fourth-order valence-electron chi connectivity index (χ4n) is 2.45. The molecule has 3 nitrogen and oxygen atoms in total. The first kappa shape index (κ1) is 20.3. The molecule has 0 spiro atoms. The minimum Gasteiger partial charge on any atom is -0.400 e. The van der Waals surface area contributed by atoms with Gasteiger partial charge in [0, 0.05) is 5.69 Å². The van der Waals surface area contributed by atoms with Gasteiger partial charge in [-0.15, -0.1) is 0 Å². The SMILES string of the molecule is C[Si](C)(C)OC1(C(F)(F)C(F)(F)F)C=CC(=O)C(Nc2ccccc2)=C1. The minimum absolute atomic E-state index is 0.375. The molecule has 1 unspecified atom stereocenters. The van der Waals surface area contributed by atoms with Gasteiger partial charge < -0.3 is 9.74 Å². The number of rotatable bonds is 5. The summed E-state index contributed by atoms with van der Waals surface area (Å²) >= 11 is 0. The van der Waals surface area contributed by atoms with E-state index in [0.29, 0.717) is 23.9 Å². The van der Waals surface area contributed by atoms with E-state index in [1.54, 1.807) is 30.3 Å². The predicted octanol–water partition coefficient (Wildman–Crippen LogP) is 4.91. The second-order valence-corrected chi connectivity index (χ2v) is 11.3. The summed E-state index contributed by atoms with van der Waals surface area (Å²) in [7, 11) is -2.86. The number of hydrogen-bond donors (Lipinski definition) is 1. The summed E-state index contributed by atoms with van der Waals surface area (Å²) in [5, 5.41) is 2.59. The molecule has 0 fully saturated rings. The van der Waals surface area contributed by atoms with Gasteiger partial charge in [0.2, 0.25) is 5.78 Å². The fourth-order valence-corrected chi connectivity index (χ4v) is 3.72. The monoisotopic (exact) mass is 391 g/mol. The smallest absolute Gasteiger partial charge is 0.400 e. The molecule has 0 bridgehead atoms. The van der Waals surface area contributed by atoms with Crippen molar-refractivity contribution in [3.05, 3.63) is 54.3 Å². The molecule has 1 atom stereocenters. The molecule has 0 aromatic heterocycles. The normalized spacial score (nSPS) is 21.5. The lowest BCUT2D eigenvalue weighted by Crippen LogP contribution is -2.60. The van der Waals surface area contributed by atoms with E-state index in [9.17, 15) is 26.7 Å². The number of hydrogen-bond acceptors (Lipinski definition) is 3. The van der Waals surface area contributed by atoms with E-state index in [2.05, 4.69) is 5.32 Å². The molecular weight excluding hydrogens is 373 g/mol. The Morgan fingerprint density at radius 3 is 2.12 bits per heavy atom. The van der Waals surface area contributed by atoms with Crippen LogP contribution in [0.3, 0.4) is 0 Å². The second kappa shape index (κ2) is 6.62. The van der Waals surface area contributed by atoms with E-state index < -0.39 is 37.5 Å². The van der Waals surface area contributed by atoms with Crippen LogP contribution in [0.15, 0.2) is 54.3 Å². The average molecular weight is 391 g/mol. The Bertz CT molecular complexity index is 738. The van der Waals surface area contributed by atoms with Crippen LogP contribution in [0, 0.1) is 0 Å². The number of alkyl halides is 5. The Morgan fingerprint density at radius 2 is 1.62 bits per heavy atom. The second-order valence-electron chi connectivity index (χ2n) is 6.83. The molecular formula is C17H18F5NO2Si. The van der Waals surface area contributed by atoms with Crippen molar-refractivity contribution in [2.45, 2.75) is 37.3 Å². The summed E-state index contributed by atoms with van der Waals surface area (Å²) in [5.74, 6) is -5.94. The number of allylic oxidation sites excluding steroid dienone is 1. The van der Waals surface area contributed by atoms with E-state index in [1.165, 1.54) is 19.6 Å². The third-order valence-corrected chi connectivity index (χ3v) is 4.43. The van der Waals surface area contributed by atoms with E-state index in [-0.39, 0.29) is 0 Å². The van der Waals surface area contributed by atoms with E-state index >= 15 is 0 Å². The summed E-state index contributed by atoms with van der Waals surface area (Å²) < 4.78 is 73.4. The van der Waals surface area contributed by atoms with Gasteiger partial charge >= 0.3 is 12.1 Å². The minimum atomic E-state index is -5.86. The topological polar surface area (TPSA) is 38.3 Å². The lowest BCUT2D eigenvalue weighted by molar-refractivity contribution is -0.318. The van der Waals surface area contributed by atoms with E-state index in [1.807, 2.05) is 0 Å². The van der Waals surface area contributed by atoms with E-state index in [4.69, 9.17) is 4.43 Å². The Morgan fingerprint density at radius 1 is 1.04 bits per heavy atom. The van der Waals surface area contributed by atoms with Gasteiger partial charge in [-0.2, -0.15) is 22.0 Å². The van der Waals surface area contributed by atoms with Crippen LogP contribution in [0.2, 0.25) is 19.6 Å². The van der Waals surface area contributed by atoms with Crippen molar-refractivity contribution < 1.29 is 31.2 Å². The van der Waals surface area contributed by atoms with Crippen molar-refractivity contribution in [2.75, 3.05) is 5.32 Å². The van der Waals surface area contributed by atoms with Crippen molar-refractivity contribution in [2.24, 2.45) is 0 Å². The summed E-state index contributed by atoms with van der Waals surface area (Å²) in [6.07, 6.45) is -4.14. The molecule has 1 aliphatic rings. The van der Waals surface area contributed by atoms with Crippen molar-refractivity contribution in [3.63, 3.8) is 0 Å². The Hall–Kier alpha value is -2.00. The van der Waals surface area contributed by atoms with Crippen LogP contribution in [0.4, 0.5) is 27.6 Å². The number of carbonyl (C=O) groups is 1. The van der Waals surface area contributed by atoms with Crippen LogP contribution >= 0.6 is 0 Å². The number of anilines is 1. The van der Waals surface area contributed by atoms with Crippen LogP contribution in [-0.2, 0) is 9.22 Å². The zero-order valence-corrected chi connectivity index (χ0v) is 15.3. The van der Waals surface area contributed by atoms with Crippen LogP contribution < -0.4 is 5.32 Å². The van der Waals surface area contributed by atoms with Crippen LogP contribution in [-0.4, -0.2) is 31.8 Å². The van der Waals surface area contributed by atoms with Crippen molar-refractivity contribution >= 4 is 19.8 Å². The number of nitrogens with one attached hydrogen (secondary N) is 1. The van der Waals surface area contributed by atoms with Gasteiger partial charge in [0.15, 0.2) is 13.9 Å². The van der Waals surface area contributed by atoms with Gasteiger partial charge in [-0.1, -0.05) is 18.2 Å². The zero-order chi connectivity index (χ0) is 19.8. The summed E-state index contributed by atoms with van der Waals surface area (Å²) in [4.78, 5) is 12.0. The molecule has 0 aliphatic heterocycles. The molecule has 0 saturated heterocycles. The van der Waals surface area contributed by atoms with E-state index in [0.717, 1.165) is 0 Å². The third kappa shape index (κ3) is 4.04.